The summed E-state index contributed by atoms with van der Waals surface area (Å²) in [5.74, 6) is 0. The van der Waals surface area contributed by atoms with Crippen LogP contribution in [0.15, 0.2) is 6.08 Å². The Kier molecular flexibility index (Phi) is 8.88. The topological polar surface area (TPSA) is 0 Å². The summed E-state index contributed by atoms with van der Waals surface area (Å²) in [6.45, 7) is 0. The molecule has 0 saturated heterocycles. The van der Waals surface area contributed by atoms with Crippen molar-refractivity contribution >= 4 is 19.4 Å². The molecule has 1 radical (unpaired) electrons. The summed E-state index contributed by atoms with van der Waals surface area (Å²) in [4.78, 5) is 0. The monoisotopic (exact) mass is 240 g/mol. The zero-order valence-electron chi connectivity index (χ0n) is 4.29. The van der Waals surface area contributed by atoms with E-state index in [1.165, 1.54) is 19.3 Å². The average molecular weight is 241 g/mol. The van der Waals surface area contributed by atoms with E-state index in [0.717, 1.165) is 0 Å². The summed E-state index contributed by atoms with van der Waals surface area (Å²) in [7, 11) is 9.67. The van der Waals surface area contributed by atoms with Crippen LogP contribution in [0.3, 0.4) is 0 Å². The van der Waals surface area contributed by atoms with Crippen LogP contribution in [0.4, 0.5) is 0 Å². The van der Waals surface area contributed by atoms with Gasteiger partial charge in [0.1, 0.15) is 0 Å². The SMILES string of the molecule is [C]1=CCCC1.[Cl][Rh][Cl]. The van der Waals surface area contributed by atoms with Gasteiger partial charge in [-0.1, -0.05) is 6.08 Å². The van der Waals surface area contributed by atoms with Crippen molar-refractivity contribution in [2.75, 3.05) is 0 Å². The van der Waals surface area contributed by atoms with Gasteiger partial charge in [-0.25, -0.2) is 0 Å². The fourth-order valence-corrected chi connectivity index (χ4v) is 0.510. The van der Waals surface area contributed by atoms with Gasteiger partial charge in [0.05, 0.1) is 0 Å². The molecule has 0 heterocycles. The first-order valence-electron chi connectivity index (χ1n) is 2.30. The van der Waals surface area contributed by atoms with Crippen LogP contribution in [0.25, 0.3) is 0 Å². The first-order valence-corrected chi connectivity index (χ1v) is 6.52. The molecule has 1 aliphatic rings. The minimum atomic E-state index is -0.226. The van der Waals surface area contributed by atoms with Crippen molar-refractivity contribution < 1.29 is 15.1 Å². The Morgan fingerprint density at radius 3 is 2.25 bits per heavy atom. The van der Waals surface area contributed by atoms with Crippen LogP contribution in [0.2, 0.25) is 0 Å². The van der Waals surface area contributed by atoms with Crippen LogP contribution in [0.5, 0.6) is 0 Å². The normalized spacial score (nSPS) is 15.8. The number of halogens is 2. The molecule has 0 amide bonds. The van der Waals surface area contributed by atoms with Crippen molar-refractivity contribution in [3.05, 3.63) is 12.2 Å². The first-order chi connectivity index (χ1) is 3.91. The molecule has 1 aliphatic carbocycles. The number of hydrogen-bond acceptors (Lipinski definition) is 0. The molecule has 0 N–H and O–H groups in total. The Hall–Kier alpha value is 0.943. The van der Waals surface area contributed by atoms with E-state index in [1.807, 2.05) is 0 Å². The molecule has 50 valence electrons. The van der Waals surface area contributed by atoms with Crippen LogP contribution in [-0.2, 0) is 15.1 Å². The second-order valence-electron chi connectivity index (χ2n) is 1.35. The third kappa shape index (κ3) is 6.94. The van der Waals surface area contributed by atoms with Crippen LogP contribution in [0, 0.1) is 6.08 Å². The first kappa shape index (κ1) is 8.94. The summed E-state index contributed by atoms with van der Waals surface area (Å²) < 4.78 is 0. The summed E-state index contributed by atoms with van der Waals surface area (Å²) in [5, 5.41) is 0. The van der Waals surface area contributed by atoms with Crippen LogP contribution < -0.4 is 0 Å². The van der Waals surface area contributed by atoms with Gasteiger partial charge in [0.2, 0.25) is 0 Å². The molecule has 0 saturated carbocycles. The predicted octanol–water partition coefficient (Wildman–Crippen LogP) is 2.91. The molecule has 3 heteroatoms. The van der Waals surface area contributed by atoms with Crippen LogP contribution in [0.1, 0.15) is 19.3 Å². The Balaban J connectivity index is 0.000000145. The van der Waals surface area contributed by atoms with E-state index in [9.17, 15) is 0 Å². The van der Waals surface area contributed by atoms with Gasteiger partial charge in [-0.15, -0.1) is 0 Å². The molecule has 0 aromatic rings. The molecule has 1 rings (SSSR count). The van der Waals surface area contributed by atoms with Crippen molar-refractivity contribution in [1.82, 2.24) is 0 Å². The van der Waals surface area contributed by atoms with Gasteiger partial charge in [0.25, 0.3) is 0 Å². The molecule has 0 bridgehead atoms. The molecule has 8 heavy (non-hydrogen) atoms. The third-order valence-electron chi connectivity index (χ3n) is 0.814. The molecule has 0 fully saturated rings. The van der Waals surface area contributed by atoms with Crippen LogP contribution >= 0.6 is 19.4 Å². The van der Waals surface area contributed by atoms with Crippen molar-refractivity contribution in [3.8, 4) is 0 Å². The molecule has 0 aliphatic heterocycles. The van der Waals surface area contributed by atoms with E-state index < -0.39 is 0 Å². The van der Waals surface area contributed by atoms with Gasteiger partial charge < -0.3 is 0 Å². The zero-order chi connectivity index (χ0) is 6.24. The molecule has 0 aromatic carbocycles. The predicted molar refractivity (Wildman–Crippen MR) is 33.4 cm³/mol. The zero-order valence-corrected chi connectivity index (χ0v) is 7.44. The van der Waals surface area contributed by atoms with Gasteiger partial charge in [-0.3, -0.25) is 0 Å². The number of rotatable bonds is 0. The van der Waals surface area contributed by atoms with E-state index in [-0.39, 0.29) is 15.1 Å². The number of allylic oxidation sites excluding steroid dienone is 2. The van der Waals surface area contributed by atoms with Gasteiger partial charge >= 0.3 is 34.5 Å². The summed E-state index contributed by atoms with van der Waals surface area (Å²) in [5.41, 5.74) is 0. The van der Waals surface area contributed by atoms with E-state index in [2.05, 4.69) is 12.2 Å². The minimum absolute atomic E-state index is 0.226. The fourth-order valence-electron chi connectivity index (χ4n) is 0.510. The Morgan fingerprint density at radius 2 is 2.12 bits per heavy atom. The van der Waals surface area contributed by atoms with Crippen molar-refractivity contribution in [2.45, 2.75) is 19.3 Å². The summed E-state index contributed by atoms with van der Waals surface area (Å²) in [6.07, 6.45) is 9.00. The van der Waals surface area contributed by atoms with Gasteiger partial charge in [-0.2, -0.15) is 0 Å². The Bertz CT molecular complexity index is 57.4. The van der Waals surface area contributed by atoms with Crippen LogP contribution in [-0.4, -0.2) is 0 Å². The van der Waals surface area contributed by atoms with Crippen molar-refractivity contribution in [2.24, 2.45) is 0 Å². The molecular weight excluding hydrogens is 234 g/mol. The molecule has 0 spiro atoms. The maximum absolute atomic E-state index is 4.83. The molecule has 0 aromatic heterocycles. The van der Waals surface area contributed by atoms with E-state index in [4.69, 9.17) is 19.4 Å². The average Bonchev–Trinajstić information content (AvgIpc) is 2.17. The van der Waals surface area contributed by atoms with Gasteiger partial charge in [-0.05, 0) is 25.3 Å². The maximum atomic E-state index is 4.83. The van der Waals surface area contributed by atoms with E-state index in [0.29, 0.717) is 0 Å². The Morgan fingerprint density at radius 1 is 1.50 bits per heavy atom. The summed E-state index contributed by atoms with van der Waals surface area (Å²) >= 11 is -0.226. The Labute approximate surface area is 65.9 Å². The molecule has 0 unspecified atom stereocenters. The molecule has 0 nitrogen and oxygen atoms in total. The second-order valence-corrected chi connectivity index (χ2v) is 3.84. The summed E-state index contributed by atoms with van der Waals surface area (Å²) in [6, 6.07) is 0. The fraction of sp³-hybridized carbons (Fsp3) is 0.600. The van der Waals surface area contributed by atoms with Gasteiger partial charge in [0.15, 0.2) is 0 Å². The van der Waals surface area contributed by atoms with E-state index >= 15 is 0 Å². The molecular formula is C5H7Cl2Rh. The van der Waals surface area contributed by atoms with Crippen molar-refractivity contribution in [1.29, 1.82) is 0 Å². The second kappa shape index (κ2) is 7.94. The third-order valence-corrected chi connectivity index (χ3v) is 0.814. The van der Waals surface area contributed by atoms with Gasteiger partial charge in [0, 0.05) is 0 Å². The molecule has 0 atom stereocenters. The van der Waals surface area contributed by atoms with Crippen molar-refractivity contribution in [3.63, 3.8) is 0 Å². The standard InChI is InChI=1S/C5H7.2ClH.Rh/c1-2-4-5-3-1;;;/h1H,2,4-5H2;2*1H;/q;;;+2/p-2. The number of hydrogen-bond donors (Lipinski definition) is 0. The van der Waals surface area contributed by atoms with E-state index in [1.54, 1.807) is 0 Å². The quantitative estimate of drug-likeness (QED) is 0.572.